The number of hydrogen-bond acceptors (Lipinski definition) is 7. The van der Waals surface area contributed by atoms with Gasteiger partial charge in [0.05, 0.1) is 35.1 Å². The molecule has 0 spiro atoms. The molecule has 2 aliphatic rings. The van der Waals surface area contributed by atoms with Crippen LogP contribution in [0.4, 0.5) is 5.69 Å². The number of non-ortho nitro benzene ring substituents is 1. The van der Waals surface area contributed by atoms with E-state index in [9.17, 15) is 19.7 Å². The molecule has 164 valence electrons. The Hall–Kier alpha value is -3.56. The smallest absolute Gasteiger partial charge is 0.290 e. The molecule has 0 radical (unpaired) electrons. The molecule has 2 aliphatic heterocycles. The Balaban J connectivity index is 1.61. The molecule has 0 saturated carbocycles. The van der Waals surface area contributed by atoms with Gasteiger partial charge in [-0.2, -0.15) is 0 Å². The lowest BCUT2D eigenvalue weighted by molar-refractivity contribution is -0.384. The van der Waals surface area contributed by atoms with Crippen molar-refractivity contribution >= 4 is 22.6 Å². The monoisotopic (exact) mass is 435 g/mol. The highest BCUT2D eigenvalue weighted by Gasteiger charge is 2.43. The minimum atomic E-state index is -0.751. The number of hydrogen-bond donors (Lipinski definition) is 0. The van der Waals surface area contributed by atoms with E-state index in [2.05, 4.69) is 4.90 Å². The summed E-state index contributed by atoms with van der Waals surface area (Å²) in [5, 5.41) is 11.7. The molecule has 1 aromatic heterocycles. The fourth-order valence-corrected chi connectivity index (χ4v) is 4.43. The summed E-state index contributed by atoms with van der Waals surface area (Å²) in [6, 6.07) is 12.1. The van der Waals surface area contributed by atoms with Gasteiger partial charge in [-0.3, -0.25) is 24.6 Å². The molecule has 9 nitrogen and oxygen atoms in total. The Bertz CT molecular complexity index is 1260. The van der Waals surface area contributed by atoms with Crippen molar-refractivity contribution in [3.05, 3.63) is 85.8 Å². The molecular weight excluding hydrogens is 414 g/mol. The minimum absolute atomic E-state index is 0.00665. The molecule has 0 bridgehead atoms. The number of carbonyl (C=O) groups is 1. The third-order valence-corrected chi connectivity index (χ3v) is 6.03. The summed E-state index contributed by atoms with van der Waals surface area (Å²) in [5.41, 5.74) is 0.701. The number of amides is 1. The Kier molecular flexibility index (Phi) is 5.20. The summed E-state index contributed by atoms with van der Waals surface area (Å²) < 4.78 is 11.3. The van der Waals surface area contributed by atoms with Gasteiger partial charge in [0.15, 0.2) is 5.43 Å². The lowest BCUT2D eigenvalue weighted by atomic mass is 9.98. The van der Waals surface area contributed by atoms with Crippen LogP contribution >= 0.6 is 0 Å². The zero-order valence-electron chi connectivity index (χ0n) is 17.2. The molecule has 1 saturated heterocycles. The summed E-state index contributed by atoms with van der Waals surface area (Å²) in [7, 11) is 0. The van der Waals surface area contributed by atoms with E-state index in [4.69, 9.17) is 9.15 Å². The van der Waals surface area contributed by atoms with Crippen molar-refractivity contribution in [2.75, 3.05) is 39.4 Å². The number of nitro benzene ring substituents is 1. The molecule has 0 aliphatic carbocycles. The van der Waals surface area contributed by atoms with Gasteiger partial charge >= 0.3 is 0 Å². The predicted octanol–water partition coefficient (Wildman–Crippen LogP) is 2.58. The maximum atomic E-state index is 13.4. The minimum Gasteiger partial charge on any atom is -0.450 e. The van der Waals surface area contributed by atoms with Crippen molar-refractivity contribution in [1.82, 2.24) is 9.80 Å². The van der Waals surface area contributed by atoms with Crippen molar-refractivity contribution in [2.24, 2.45) is 0 Å². The van der Waals surface area contributed by atoms with E-state index in [-0.39, 0.29) is 28.3 Å². The van der Waals surface area contributed by atoms with Gasteiger partial charge in [0.1, 0.15) is 5.58 Å². The van der Waals surface area contributed by atoms with Gasteiger partial charge in [-0.15, -0.1) is 0 Å². The number of rotatable bonds is 5. The molecule has 3 heterocycles. The fraction of sp³-hybridized carbons (Fsp3) is 0.304. The molecule has 1 fully saturated rings. The molecule has 5 rings (SSSR count). The SMILES string of the molecule is O=C1c2oc3ccccc3c(=O)c2[C@@H](c2cccc([N+](=O)[O-])c2)N1CCN1CCOCC1. The summed E-state index contributed by atoms with van der Waals surface area (Å²) in [6.07, 6.45) is 0. The molecule has 2 aromatic carbocycles. The quantitative estimate of drug-likeness (QED) is 0.448. The van der Waals surface area contributed by atoms with Crippen LogP contribution in [0.25, 0.3) is 11.0 Å². The normalized spacial score (nSPS) is 18.8. The third kappa shape index (κ3) is 3.45. The van der Waals surface area contributed by atoms with E-state index in [1.54, 1.807) is 41.3 Å². The van der Waals surface area contributed by atoms with Crippen molar-refractivity contribution in [2.45, 2.75) is 6.04 Å². The van der Waals surface area contributed by atoms with Crippen LogP contribution in [0.15, 0.2) is 57.7 Å². The summed E-state index contributed by atoms with van der Waals surface area (Å²) in [6.45, 7) is 3.74. The summed E-state index contributed by atoms with van der Waals surface area (Å²) in [4.78, 5) is 41.5. The van der Waals surface area contributed by atoms with Crippen molar-refractivity contribution in [3.63, 3.8) is 0 Å². The number of benzene rings is 2. The number of para-hydroxylation sites is 1. The van der Waals surface area contributed by atoms with Crippen molar-refractivity contribution in [3.8, 4) is 0 Å². The Morgan fingerprint density at radius 1 is 1.03 bits per heavy atom. The van der Waals surface area contributed by atoms with Gasteiger partial charge in [-0.25, -0.2) is 0 Å². The number of nitro groups is 1. The van der Waals surface area contributed by atoms with Gasteiger partial charge < -0.3 is 14.1 Å². The van der Waals surface area contributed by atoms with Gasteiger partial charge in [0.25, 0.3) is 11.6 Å². The summed E-state index contributed by atoms with van der Waals surface area (Å²) in [5.74, 6) is -0.375. The second kappa shape index (κ2) is 8.18. The molecule has 0 N–H and O–H groups in total. The number of fused-ring (bicyclic) bond motifs is 2. The van der Waals surface area contributed by atoms with Crippen LogP contribution in [0.5, 0.6) is 0 Å². The molecule has 0 unspecified atom stereocenters. The highest BCUT2D eigenvalue weighted by Crippen LogP contribution is 2.38. The Labute approximate surface area is 182 Å². The first-order valence-electron chi connectivity index (χ1n) is 10.5. The fourth-order valence-electron chi connectivity index (χ4n) is 4.43. The molecule has 1 amide bonds. The van der Waals surface area contributed by atoms with Crippen LogP contribution in [-0.4, -0.2) is 60.0 Å². The van der Waals surface area contributed by atoms with Crippen LogP contribution in [0, 0.1) is 10.1 Å². The first-order chi connectivity index (χ1) is 15.5. The molecule has 1 atom stereocenters. The van der Waals surface area contributed by atoms with Gasteiger partial charge in [0.2, 0.25) is 5.76 Å². The van der Waals surface area contributed by atoms with E-state index >= 15 is 0 Å². The third-order valence-electron chi connectivity index (χ3n) is 6.03. The van der Waals surface area contributed by atoms with Crippen molar-refractivity contribution in [1.29, 1.82) is 0 Å². The second-order valence-electron chi connectivity index (χ2n) is 7.88. The topological polar surface area (TPSA) is 106 Å². The maximum absolute atomic E-state index is 13.4. The van der Waals surface area contributed by atoms with Crippen molar-refractivity contribution < 1.29 is 18.9 Å². The van der Waals surface area contributed by atoms with Gasteiger partial charge in [0, 0.05) is 38.3 Å². The van der Waals surface area contributed by atoms with Crippen LogP contribution in [0.1, 0.15) is 27.7 Å². The lowest BCUT2D eigenvalue weighted by Gasteiger charge is -2.31. The highest BCUT2D eigenvalue weighted by molar-refractivity contribution is 5.99. The number of ether oxygens (including phenoxy) is 1. The maximum Gasteiger partial charge on any atom is 0.290 e. The van der Waals surface area contributed by atoms with E-state index in [1.807, 2.05) is 0 Å². The molecular formula is C23H21N3O6. The zero-order chi connectivity index (χ0) is 22.2. The van der Waals surface area contributed by atoms with E-state index < -0.39 is 11.0 Å². The first-order valence-corrected chi connectivity index (χ1v) is 10.5. The molecule has 9 heteroatoms. The average molecular weight is 435 g/mol. The Morgan fingerprint density at radius 3 is 2.59 bits per heavy atom. The lowest BCUT2D eigenvalue weighted by Crippen LogP contribution is -2.42. The van der Waals surface area contributed by atoms with E-state index in [0.717, 1.165) is 13.1 Å². The largest absolute Gasteiger partial charge is 0.450 e. The highest BCUT2D eigenvalue weighted by atomic mass is 16.6. The van der Waals surface area contributed by atoms with Crippen LogP contribution < -0.4 is 5.43 Å². The van der Waals surface area contributed by atoms with Crippen LogP contribution in [0.3, 0.4) is 0 Å². The summed E-state index contributed by atoms with van der Waals surface area (Å²) >= 11 is 0. The number of morpholine rings is 1. The molecule has 3 aromatic rings. The van der Waals surface area contributed by atoms with Gasteiger partial charge in [-0.1, -0.05) is 24.3 Å². The number of nitrogens with zero attached hydrogens (tertiary/aromatic N) is 3. The first kappa shape index (κ1) is 20.3. The Morgan fingerprint density at radius 2 is 1.81 bits per heavy atom. The van der Waals surface area contributed by atoms with Crippen LogP contribution in [-0.2, 0) is 4.74 Å². The molecule has 32 heavy (non-hydrogen) atoms. The average Bonchev–Trinajstić information content (AvgIpc) is 3.10. The van der Waals surface area contributed by atoms with Gasteiger partial charge in [-0.05, 0) is 17.7 Å². The standard InChI is InChI=1S/C23H21N3O6/c27-21-17-6-1-2-7-18(17)32-22-19(21)20(15-4-3-5-16(14-15)26(29)30)25(23(22)28)9-8-24-10-12-31-13-11-24/h1-7,14,20H,8-13H2/t20-/m1/s1. The van der Waals surface area contributed by atoms with E-state index in [0.29, 0.717) is 42.8 Å². The zero-order valence-corrected chi connectivity index (χ0v) is 17.2. The predicted molar refractivity (Wildman–Crippen MR) is 116 cm³/mol. The van der Waals surface area contributed by atoms with E-state index in [1.165, 1.54) is 12.1 Å². The van der Waals surface area contributed by atoms with Crippen LogP contribution in [0.2, 0.25) is 0 Å². The number of carbonyl (C=O) groups excluding carboxylic acids is 1. The second-order valence-corrected chi connectivity index (χ2v) is 7.88.